The van der Waals surface area contributed by atoms with Crippen molar-refractivity contribution in [3.8, 4) is 11.3 Å². The van der Waals surface area contributed by atoms with Gasteiger partial charge in [-0.25, -0.2) is 4.98 Å². The number of aromatic nitrogens is 1. The molecule has 1 fully saturated rings. The second-order valence-corrected chi connectivity index (χ2v) is 5.85. The van der Waals surface area contributed by atoms with Gasteiger partial charge in [-0.2, -0.15) is 0 Å². The fraction of sp³-hybridized carbons (Fsp3) is 0.357. The zero-order valence-electron chi connectivity index (χ0n) is 9.94. The first-order valence-corrected chi connectivity index (χ1v) is 6.88. The van der Waals surface area contributed by atoms with E-state index in [1.807, 2.05) is 6.07 Å². The third-order valence-corrected chi connectivity index (χ3v) is 4.14. The van der Waals surface area contributed by atoms with E-state index in [0.29, 0.717) is 5.54 Å². The molecule has 0 spiro atoms. The van der Waals surface area contributed by atoms with Crippen molar-refractivity contribution in [2.75, 3.05) is 0 Å². The number of hydrogen-bond acceptors (Lipinski definition) is 3. The summed E-state index contributed by atoms with van der Waals surface area (Å²) in [7, 11) is 0. The highest BCUT2D eigenvalue weighted by molar-refractivity contribution is 7.09. The van der Waals surface area contributed by atoms with Crippen LogP contribution in [-0.4, -0.2) is 10.5 Å². The Balaban J connectivity index is 1.70. The zero-order chi connectivity index (χ0) is 11.7. The van der Waals surface area contributed by atoms with Crippen molar-refractivity contribution in [2.24, 2.45) is 0 Å². The lowest BCUT2D eigenvalue weighted by molar-refractivity contribution is 0.537. The van der Waals surface area contributed by atoms with E-state index in [-0.39, 0.29) is 0 Å². The first-order valence-electron chi connectivity index (χ1n) is 6.00. The molecule has 1 N–H and O–H groups in total. The summed E-state index contributed by atoms with van der Waals surface area (Å²) >= 11 is 1.74. The van der Waals surface area contributed by atoms with Gasteiger partial charge < -0.3 is 5.32 Å². The predicted molar refractivity (Wildman–Crippen MR) is 72.0 cm³/mol. The molecule has 1 heterocycles. The Labute approximate surface area is 106 Å². The van der Waals surface area contributed by atoms with Gasteiger partial charge in [0.15, 0.2) is 0 Å². The van der Waals surface area contributed by atoms with Crippen LogP contribution in [0.15, 0.2) is 35.7 Å². The Kier molecular flexibility index (Phi) is 2.73. The molecule has 1 aliphatic carbocycles. The Morgan fingerprint density at radius 1 is 1.29 bits per heavy atom. The molecule has 1 aromatic carbocycles. The van der Waals surface area contributed by atoms with Crippen LogP contribution in [-0.2, 0) is 6.54 Å². The van der Waals surface area contributed by atoms with E-state index in [9.17, 15) is 0 Å². The molecule has 0 aliphatic heterocycles. The molecule has 3 heteroatoms. The highest BCUT2D eigenvalue weighted by atomic mass is 32.1. The second-order valence-electron chi connectivity index (χ2n) is 4.91. The van der Waals surface area contributed by atoms with Crippen molar-refractivity contribution in [3.63, 3.8) is 0 Å². The minimum atomic E-state index is 0.387. The molecular weight excluding hydrogens is 228 g/mol. The van der Waals surface area contributed by atoms with Crippen LogP contribution in [0.4, 0.5) is 0 Å². The van der Waals surface area contributed by atoms with Crippen molar-refractivity contribution in [1.29, 1.82) is 0 Å². The molecular formula is C14H16N2S. The van der Waals surface area contributed by atoms with Gasteiger partial charge in [0.05, 0.1) is 5.69 Å². The van der Waals surface area contributed by atoms with E-state index >= 15 is 0 Å². The van der Waals surface area contributed by atoms with Crippen molar-refractivity contribution < 1.29 is 0 Å². The Morgan fingerprint density at radius 2 is 2.06 bits per heavy atom. The fourth-order valence-corrected chi connectivity index (χ4v) is 2.53. The number of benzene rings is 1. The highest BCUT2D eigenvalue weighted by Crippen LogP contribution is 2.34. The summed E-state index contributed by atoms with van der Waals surface area (Å²) < 4.78 is 0. The zero-order valence-corrected chi connectivity index (χ0v) is 10.8. The topological polar surface area (TPSA) is 24.9 Å². The van der Waals surface area contributed by atoms with Crippen LogP contribution in [0.1, 0.15) is 24.8 Å². The fourth-order valence-electron chi connectivity index (χ4n) is 1.79. The molecule has 0 atom stereocenters. The standard InChI is InChI=1S/C14H16N2S/c1-14(7-8-14)15-9-13-16-12(10-17-13)11-5-3-2-4-6-11/h2-6,10,15H,7-9H2,1H3. The second kappa shape index (κ2) is 4.24. The van der Waals surface area contributed by atoms with E-state index < -0.39 is 0 Å². The van der Waals surface area contributed by atoms with Gasteiger partial charge in [-0.05, 0) is 19.8 Å². The molecule has 2 aromatic rings. The van der Waals surface area contributed by atoms with Gasteiger partial charge >= 0.3 is 0 Å². The Hall–Kier alpha value is -1.19. The summed E-state index contributed by atoms with van der Waals surface area (Å²) in [5.41, 5.74) is 2.68. The van der Waals surface area contributed by atoms with Crippen LogP contribution in [0.3, 0.4) is 0 Å². The van der Waals surface area contributed by atoms with E-state index in [2.05, 4.69) is 46.9 Å². The third kappa shape index (κ3) is 2.56. The van der Waals surface area contributed by atoms with Crippen LogP contribution in [0.2, 0.25) is 0 Å². The molecule has 88 valence electrons. The average Bonchev–Trinajstić information content (AvgIpc) is 2.93. The molecule has 0 amide bonds. The van der Waals surface area contributed by atoms with E-state index in [0.717, 1.165) is 12.2 Å². The summed E-state index contributed by atoms with van der Waals surface area (Å²) in [4.78, 5) is 4.67. The van der Waals surface area contributed by atoms with Crippen LogP contribution >= 0.6 is 11.3 Å². The molecule has 0 saturated heterocycles. The summed E-state index contributed by atoms with van der Waals surface area (Å²) in [5.74, 6) is 0. The normalized spacial score (nSPS) is 17.0. The molecule has 1 saturated carbocycles. The maximum Gasteiger partial charge on any atom is 0.107 e. The molecule has 2 nitrogen and oxygen atoms in total. The van der Waals surface area contributed by atoms with Gasteiger partial charge in [0.25, 0.3) is 0 Å². The molecule has 17 heavy (non-hydrogen) atoms. The first kappa shape index (κ1) is 10.9. The molecule has 0 radical (unpaired) electrons. The van der Waals surface area contributed by atoms with E-state index in [4.69, 9.17) is 0 Å². The number of hydrogen-bond donors (Lipinski definition) is 1. The minimum absolute atomic E-state index is 0.387. The maximum absolute atomic E-state index is 4.67. The largest absolute Gasteiger partial charge is 0.305 e. The summed E-state index contributed by atoms with van der Waals surface area (Å²) in [6.45, 7) is 3.17. The third-order valence-electron chi connectivity index (χ3n) is 3.29. The van der Waals surface area contributed by atoms with Crippen LogP contribution < -0.4 is 5.32 Å². The van der Waals surface area contributed by atoms with Crippen LogP contribution in [0.5, 0.6) is 0 Å². The lowest BCUT2D eigenvalue weighted by atomic mass is 10.2. The predicted octanol–water partition coefficient (Wildman–Crippen LogP) is 3.45. The van der Waals surface area contributed by atoms with Crippen molar-refractivity contribution in [1.82, 2.24) is 10.3 Å². The lowest BCUT2D eigenvalue weighted by Crippen LogP contribution is -2.26. The molecule has 3 rings (SSSR count). The molecule has 0 unspecified atom stereocenters. The van der Waals surface area contributed by atoms with Crippen molar-refractivity contribution >= 4 is 11.3 Å². The monoisotopic (exact) mass is 244 g/mol. The first-order chi connectivity index (χ1) is 8.25. The summed E-state index contributed by atoms with van der Waals surface area (Å²) in [6.07, 6.45) is 2.59. The SMILES string of the molecule is CC1(NCc2nc(-c3ccccc3)cs2)CC1. The Morgan fingerprint density at radius 3 is 2.76 bits per heavy atom. The van der Waals surface area contributed by atoms with Gasteiger partial charge in [-0.15, -0.1) is 11.3 Å². The number of rotatable bonds is 4. The number of thiazole rings is 1. The highest BCUT2D eigenvalue weighted by Gasteiger charge is 2.36. The molecule has 1 aliphatic rings. The maximum atomic E-state index is 4.67. The Bertz CT molecular complexity index is 500. The summed E-state index contributed by atoms with van der Waals surface area (Å²) in [5, 5.41) is 6.88. The number of nitrogens with one attached hydrogen (secondary N) is 1. The van der Waals surface area contributed by atoms with Gasteiger partial charge in [-0.3, -0.25) is 0 Å². The minimum Gasteiger partial charge on any atom is -0.305 e. The van der Waals surface area contributed by atoms with Crippen LogP contribution in [0, 0.1) is 0 Å². The van der Waals surface area contributed by atoms with Gasteiger partial charge in [0, 0.05) is 23.0 Å². The van der Waals surface area contributed by atoms with Crippen LogP contribution in [0.25, 0.3) is 11.3 Å². The van der Waals surface area contributed by atoms with Gasteiger partial charge in [-0.1, -0.05) is 30.3 Å². The lowest BCUT2D eigenvalue weighted by Gasteiger charge is -2.08. The van der Waals surface area contributed by atoms with Crippen molar-refractivity contribution in [2.45, 2.75) is 31.8 Å². The van der Waals surface area contributed by atoms with Crippen molar-refractivity contribution in [3.05, 3.63) is 40.7 Å². The number of nitrogens with zero attached hydrogens (tertiary/aromatic N) is 1. The van der Waals surface area contributed by atoms with Gasteiger partial charge in [0.1, 0.15) is 5.01 Å². The van der Waals surface area contributed by atoms with E-state index in [1.54, 1.807) is 11.3 Å². The molecule has 1 aromatic heterocycles. The average molecular weight is 244 g/mol. The van der Waals surface area contributed by atoms with Gasteiger partial charge in [0.2, 0.25) is 0 Å². The quantitative estimate of drug-likeness (QED) is 0.891. The molecule has 0 bridgehead atoms. The summed E-state index contributed by atoms with van der Waals surface area (Å²) in [6, 6.07) is 10.4. The smallest absolute Gasteiger partial charge is 0.107 e. The van der Waals surface area contributed by atoms with E-state index in [1.165, 1.54) is 23.4 Å².